The lowest BCUT2D eigenvalue weighted by Gasteiger charge is -2.01. The van der Waals surface area contributed by atoms with Gasteiger partial charge in [0.2, 0.25) is 6.79 Å². The molecule has 1 heterocycles. The molecule has 0 aliphatic carbocycles. The number of fused-ring (bicyclic) bond motifs is 1. The van der Waals surface area contributed by atoms with Crippen molar-refractivity contribution in [3.63, 3.8) is 0 Å². The summed E-state index contributed by atoms with van der Waals surface area (Å²) in [5.74, 6) is 0.808. The van der Waals surface area contributed by atoms with E-state index < -0.39 is 4.92 Å². The van der Waals surface area contributed by atoms with Crippen molar-refractivity contribution in [1.29, 1.82) is 0 Å². The number of ether oxygens (including phenoxy) is 2. The Hall–Kier alpha value is -2.93. The van der Waals surface area contributed by atoms with Gasteiger partial charge in [0.1, 0.15) is 0 Å². The molecule has 22 heavy (non-hydrogen) atoms. The van der Waals surface area contributed by atoms with Crippen LogP contribution < -0.4 is 9.47 Å². The molecule has 0 fully saturated rings. The zero-order chi connectivity index (χ0) is 15.5. The number of aliphatic hydroxyl groups excluding tert-OH is 1. The molecule has 0 aromatic heterocycles. The first-order valence-electron chi connectivity index (χ1n) is 6.49. The van der Waals surface area contributed by atoms with Crippen LogP contribution in [0.1, 0.15) is 11.1 Å². The standard InChI is InChI=1S/C15H12N2O5/c18-8-10-2-1-3-12(4-10)16-7-11-5-14-15(22-9-21-14)6-13(11)17(19)20/h1-7,18H,8-9H2. The molecule has 0 spiro atoms. The summed E-state index contributed by atoms with van der Waals surface area (Å²) in [5.41, 5.74) is 1.53. The number of nitro benzene ring substituents is 1. The smallest absolute Gasteiger partial charge is 0.282 e. The quantitative estimate of drug-likeness (QED) is 0.532. The van der Waals surface area contributed by atoms with E-state index in [2.05, 4.69) is 4.99 Å². The van der Waals surface area contributed by atoms with E-state index in [0.717, 1.165) is 5.56 Å². The van der Waals surface area contributed by atoms with Gasteiger partial charge in [-0.25, -0.2) is 0 Å². The number of benzene rings is 2. The second-order valence-electron chi connectivity index (χ2n) is 4.61. The van der Waals surface area contributed by atoms with Crippen LogP contribution >= 0.6 is 0 Å². The normalized spacial score (nSPS) is 12.8. The van der Waals surface area contributed by atoms with Crippen molar-refractivity contribution in [3.05, 3.63) is 57.6 Å². The summed E-state index contributed by atoms with van der Waals surface area (Å²) >= 11 is 0. The predicted octanol–water partition coefficient (Wildman–Crippen LogP) is 2.57. The fraction of sp³-hybridized carbons (Fsp3) is 0.133. The van der Waals surface area contributed by atoms with Crippen molar-refractivity contribution < 1.29 is 19.5 Å². The summed E-state index contributed by atoms with van der Waals surface area (Å²) in [6.45, 7) is -0.0425. The zero-order valence-corrected chi connectivity index (χ0v) is 11.4. The summed E-state index contributed by atoms with van der Waals surface area (Å²) in [6.07, 6.45) is 1.40. The van der Waals surface area contributed by atoms with Gasteiger partial charge >= 0.3 is 0 Å². The topological polar surface area (TPSA) is 94.2 Å². The van der Waals surface area contributed by atoms with E-state index >= 15 is 0 Å². The molecule has 1 aliphatic rings. The van der Waals surface area contributed by atoms with E-state index in [1.807, 2.05) is 0 Å². The number of nitrogens with zero attached hydrogens (tertiary/aromatic N) is 2. The molecule has 0 atom stereocenters. The molecule has 2 aromatic rings. The first-order valence-corrected chi connectivity index (χ1v) is 6.49. The van der Waals surface area contributed by atoms with Gasteiger partial charge < -0.3 is 14.6 Å². The molecule has 3 rings (SSSR count). The van der Waals surface area contributed by atoms with E-state index in [-0.39, 0.29) is 19.1 Å². The summed E-state index contributed by atoms with van der Waals surface area (Å²) < 4.78 is 10.4. The Labute approximate surface area is 125 Å². The highest BCUT2D eigenvalue weighted by Crippen LogP contribution is 2.37. The summed E-state index contributed by atoms with van der Waals surface area (Å²) in [5, 5.41) is 20.2. The molecule has 112 valence electrons. The van der Waals surface area contributed by atoms with Crippen molar-refractivity contribution >= 4 is 17.6 Å². The number of rotatable bonds is 4. The van der Waals surface area contributed by atoms with Crippen molar-refractivity contribution in [2.75, 3.05) is 6.79 Å². The SMILES string of the molecule is O=[N+]([O-])c1cc2c(cc1C=Nc1cccc(CO)c1)OCO2. The fourth-order valence-corrected chi connectivity index (χ4v) is 2.09. The summed E-state index contributed by atoms with van der Waals surface area (Å²) in [7, 11) is 0. The number of aliphatic imine (C=N–C) groups is 1. The molecule has 0 unspecified atom stereocenters. The third-order valence-electron chi connectivity index (χ3n) is 3.16. The summed E-state index contributed by atoms with van der Waals surface area (Å²) in [6, 6.07) is 9.83. The lowest BCUT2D eigenvalue weighted by atomic mass is 10.1. The van der Waals surface area contributed by atoms with Gasteiger partial charge in [-0.05, 0) is 23.8 Å². The zero-order valence-electron chi connectivity index (χ0n) is 11.4. The Morgan fingerprint density at radius 2 is 2.05 bits per heavy atom. The highest BCUT2D eigenvalue weighted by molar-refractivity contribution is 5.88. The monoisotopic (exact) mass is 300 g/mol. The maximum absolute atomic E-state index is 11.1. The van der Waals surface area contributed by atoms with Crippen LogP contribution in [0.4, 0.5) is 11.4 Å². The Morgan fingerprint density at radius 3 is 2.77 bits per heavy atom. The van der Waals surface area contributed by atoms with Crippen LogP contribution in [-0.2, 0) is 6.61 Å². The highest BCUT2D eigenvalue weighted by atomic mass is 16.7. The number of aliphatic hydroxyl groups is 1. The summed E-state index contributed by atoms with van der Waals surface area (Å²) in [4.78, 5) is 14.9. The van der Waals surface area contributed by atoms with E-state index in [0.29, 0.717) is 22.7 Å². The average molecular weight is 300 g/mol. The maximum atomic E-state index is 11.1. The molecule has 0 saturated heterocycles. The van der Waals surface area contributed by atoms with E-state index in [1.165, 1.54) is 18.3 Å². The molecule has 0 radical (unpaired) electrons. The van der Waals surface area contributed by atoms with Gasteiger partial charge in [-0.2, -0.15) is 0 Å². The van der Waals surface area contributed by atoms with Gasteiger partial charge in [-0.1, -0.05) is 12.1 Å². The maximum Gasteiger partial charge on any atom is 0.282 e. The number of hydrogen-bond acceptors (Lipinski definition) is 6. The molecule has 2 aromatic carbocycles. The van der Waals surface area contributed by atoms with Gasteiger partial charge in [-0.3, -0.25) is 15.1 Å². The third-order valence-corrected chi connectivity index (χ3v) is 3.16. The lowest BCUT2D eigenvalue weighted by Crippen LogP contribution is -1.94. The number of nitro groups is 1. The van der Waals surface area contributed by atoms with E-state index in [9.17, 15) is 10.1 Å². The Bertz CT molecular complexity index is 758. The van der Waals surface area contributed by atoms with Crippen molar-refractivity contribution in [2.45, 2.75) is 6.61 Å². The minimum absolute atomic E-state index is 0.0473. The molecule has 0 amide bonds. The van der Waals surface area contributed by atoms with Crippen LogP contribution in [0.3, 0.4) is 0 Å². The molecule has 7 heteroatoms. The molecule has 0 saturated carbocycles. The third kappa shape index (κ3) is 2.75. The van der Waals surface area contributed by atoms with Gasteiger partial charge in [0, 0.05) is 6.21 Å². The first-order chi connectivity index (χ1) is 10.7. The largest absolute Gasteiger partial charge is 0.454 e. The van der Waals surface area contributed by atoms with E-state index in [1.54, 1.807) is 24.3 Å². The molecule has 0 bridgehead atoms. The van der Waals surface area contributed by atoms with Gasteiger partial charge in [-0.15, -0.1) is 0 Å². The predicted molar refractivity (Wildman–Crippen MR) is 78.8 cm³/mol. The second kappa shape index (κ2) is 5.82. The van der Waals surface area contributed by atoms with Crippen LogP contribution in [0.25, 0.3) is 0 Å². The second-order valence-corrected chi connectivity index (χ2v) is 4.61. The Kier molecular flexibility index (Phi) is 3.71. The van der Waals surface area contributed by atoms with Crippen molar-refractivity contribution in [1.82, 2.24) is 0 Å². The fourth-order valence-electron chi connectivity index (χ4n) is 2.09. The minimum Gasteiger partial charge on any atom is -0.454 e. The molecular formula is C15H12N2O5. The van der Waals surface area contributed by atoms with E-state index in [4.69, 9.17) is 14.6 Å². The van der Waals surface area contributed by atoms with Crippen molar-refractivity contribution in [2.24, 2.45) is 4.99 Å². The minimum atomic E-state index is -0.493. The lowest BCUT2D eigenvalue weighted by molar-refractivity contribution is -0.385. The number of hydrogen-bond donors (Lipinski definition) is 1. The van der Waals surface area contributed by atoms with Gasteiger partial charge in [0.05, 0.1) is 28.8 Å². The average Bonchev–Trinajstić information content (AvgIpc) is 2.99. The molecule has 7 nitrogen and oxygen atoms in total. The van der Waals surface area contributed by atoms with Gasteiger partial charge in [0.25, 0.3) is 5.69 Å². The van der Waals surface area contributed by atoms with Crippen molar-refractivity contribution in [3.8, 4) is 11.5 Å². The van der Waals surface area contributed by atoms with Crippen LogP contribution in [0, 0.1) is 10.1 Å². The van der Waals surface area contributed by atoms with Crippen LogP contribution in [0.5, 0.6) is 11.5 Å². The van der Waals surface area contributed by atoms with Crippen LogP contribution in [-0.4, -0.2) is 23.0 Å². The first kappa shape index (κ1) is 14.0. The molecule has 1 N–H and O–H groups in total. The van der Waals surface area contributed by atoms with Crippen LogP contribution in [0.2, 0.25) is 0 Å². The van der Waals surface area contributed by atoms with Gasteiger partial charge in [0.15, 0.2) is 11.5 Å². The Balaban J connectivity index is 1.97. The van der Waals surface area contributed by atoms with Crippen LogP contribution in [0.15, 0.2) is 41.4 Å². The Morgan fingerprint density at radius 1 is 1.27 bits per heavy atom. The highest BCUT2D eigenvalue weighted by Gasteiger charge is 2.22. The molecule has 1 aliphatic heterocycles. The molecular weight excluding hydrogens is 288 g/mol.